The van der Waals surface area contributed by atoms with Gasteiger partial charge in [-0.25, -0.2) is 8.42 Å². The highest BCUT2D eigenvalue weighted by Crippen LogP contribution is 2.59. The van der Waals surface area contributed by atoms with Crippen LogP contribution in [0.25, 0.3) is 0 Å². The van der Waals surface area contributed by atoms with Gasteiger partial charge in [-0.05, 0) is 106 Å². The van der Waals surface area contributed by atoms with Crippen LogP contribution in [0.3, 0.4) is 0 Å². The van der Waals surface area contributed by atoms with Gasteiger partial charge in [0.15, 0.2) is 9.84 Å². The molecule has 4 atom stereocenters. The Kier molecular flexibility index (Phi) is 8.23. The first kappa shape index (κ1) is 26.2. The highest BCUT2D eigenvalue weighted by atomic mass is 32.2. The minimum absolute atomic E-state index is 0.140. The van der Waals surface area contributed by atoms with Crippen molar-refractivity contribution in [3.8, 4) is 0 Å². The topological polar surface area (TPSA) is 54.4 Å². The maximum atomic E-state index is 12.7. The van der Waals surface area contributed by atoms with Gasteiger partial charge in [0, 0.05) is 0 Å². The maximum Gasteiger partial charge on any atom is 0.178 e. The van der Waals surface area contributed by atoms with E-state index in [4.69, 9.17) is 0 Å². The van der Waals surface area contributed by atoms with Crippen molar-refractivity contribution in [1.82, 2.24) is 0 Å². The Morgan fingerprint density at radius 3 is 2.60 bits per heavy atom. The Balaban J connectivity index is 1.39. The summed E-state index contributed by atoms with van der Waals surface area (Å²) in [5.41, 5.74) is 5.12. The molecule has 0 amide bonds. The van der Waals surface area contributed by atoms with E-state index in [1.54, 1.807) is 12.1 Å². The van der Waals surface area contributed by atoms with E-state index in [-0.39, 0.29) is 17.3 Å². The lowest BCUT2D eigenvalue weighted by Gasteiger charge is -2.43. The van der Waals surface area contributed by atoms with E-state index in [0.29, 0.717) is 29.6 Å². The molecule has 190 valence electrons. The molecule has 4 rings (SSSR count). The monoisotopic (exact) mass is 494 g/mol. The van der Waals surface area contributed by atoms with Crippen molar-refractivity contribution in [3.63, 3.8) is 0 Å². The molecule has 0 heterocycles. The van der Waals surface area contributed by atoms with Crippen molar-refractivity contribution in [2.24, 2.45) is 17.3 Å². The van der Waals surface area contributed by atoms with Crippen LogP contribution in [0.4, 0.5) is 0 Å². The standard InChI is InChI=1S/C31H42O3S/c1-4-31-20-7-8-25(13-14-26-22-28(32)16-12-24(26)3)30(31)19-15-27(31)9-5-6-21-35(33,34)29-17-10-23(2)11-18-29/h4,10-11,13-14,17-18,27-28,30,32H,1,3,5-9,12,15-16,19-22H2,2H3/b25-13+,26-14-. The second kappa shape index (κ2) is 11.0. The maximum absolute atomic E-state index is 12.7. The van der Waals surface area contributed by atoms with Crippen molar-refractivity contribution >= 4 is 9.84 Å². The predicted octanol–water partition coefficient (Wildman–Crippen LogP) is 7.28. The number of fused-ring (bicyclic) bond motifs is 1. The van der Waals surface area contributed by atoms with Crippen LogP contribution in [0, 0.1) is 24.2 Å². The molecule has 3 fully saturated rings. The lowest BCUT2D eigenvalue weighted by Crippen LogP contribution is -2.34. The van der Waals surface area contributed by atoms with Gasteiger partial charge in [0.25, 0.3) is 0 Å². The second-order valence-corrected chi connectivity index (χ2v) is 13.2. The summed E-state index contributed by atoms with van der Waals surface area (Å²) >= 11 is 0. The van der Waals surface area contributed by atoms with Crippen LogP contribution in [0.15, 0.2) is 77.3 Å². The Labute approximate surface area is 212 Å². The molecule has 0 aliphatic heterocycles. The molecule has 35 heavy (non-hydrogen) atoms. The minimum Gasteiger partial charge on any atom is -0.393 e. The van der Waals surface area contributed by atoms with Gasteiger partial charge in [-0.15, -0.1) is 6.58 Å². The fraction of sp³-hybridized carbons (Fsp3) is 0.548. The first-order valence-corrected chi connectivity index (χ1v) is 15.1. The molecule has 3 aliphatic carbocycles. The van der Waals surface area contributed by atoms with Gasteiger partial charge < -0.3 is 5.11 Å². The number of allylic oxidation sites excluding steroid dienone is 5. The molecule has 3 saturated carbocycles. The number of benzene rings is 1. The number of rotatable bonds is 8. The number of aliphatic hydroxyl groups is 1. The zero-order valence-electron chi connectivity index (χ0n) is 21.3. The van der Waals surface area contributed by atoms with Gasteiger partial charge in [0.05, 0.1) is 16.8 Å². The van der Waals surface area contributed by atoms with Gasteiger partial charge in [-0.1, -0.05) is 60.1 Å². The number of unbranched alkanes of at least 4 members (excludes halogenated alkanes) is 1. The van der Waals surface area contributed by atoms with E-state index in [1.165, 1.54) is 42.4 Å². The van der Waals surface area contributed by atoms with Crippen molar-refractivity contribution in [3.05, 3.63) is 77.9 Å². The van der Waals surface area contributed by atoms with Crippen molar-refractivity contribution in [2.45, 2.75) is 88.6 Å². The highest BCUT2D eigenvalue weighted by Gasteiger charge is 2.49. The molecule has 0 aromatic heterocycles. The minimum atomic E-state index is -3.21. The van der Waals surface area contributed by atoms with E-state index in [0.717, 1.165) is 37.7 Å². The lowest BCUT2D eigenvalue weighted by molar-refractivity contribution is 0.158. The summed E-state index contributed by atoms with van der Waals surface area (Å²) in [5, 5.41) is 10.1. The molecule has 1 N–H and O–H groups in total. The molecule has 3 nitrogen and oxygen atoms in total. The number of aliphatic hydroxyl groups excluding tert-OH is 1. The van der Waals surface area contributed by atoms with E-state index < -0.39 is 9.84 Å². The first-order valence-electron chi connectivity index (χ1n) is 13.4. The summed E-state index contributed by atoms with van der Waals surface area (Å²) in [6.07, 6.45) is 17.6. The van der Waals surface area contributed by atoms with Crippen molar-refractivity contribution in [1.29, 1.82) is 0 Å². The molecule has 0 saturated heterocycles. The molecule has 0 radical (unpaired) electrons. The third-order valence-electron chi connectivity index (χ3n) is 8.90. The highest BCUT2D eigenvalue weighted by molar-refractivity contribution is 7.91. The van der Waals surface area contributed by atoms with Crippen molar-refractivity contribution in [2.75, 3.05) is 5.75 Å². The average Bonchev–Trinajstić information content (AvgIpc) is 3.22. The normalized spacial score (nSPS) is 31.6. The predicted molar refractivity (Wildman–Crippen MR) is 145 cm³/mol. The first-order chi connectivity index (χ1) is 16.7. The molecule has 3 aliphatic rings. The van der Waals surface area contributed by atoms with Crippen LogP contribution in [-0.2, 0) is 9.84 Å². The Morgan fingerprint density at radius 1 is 1.09 bits per heavy atom. The summed E-state index contributed by atoms with van der Waals surface area (Å²) in [5.74, 6) is 1.34. The third-order valence-corrected chi connectivity index (χ3v) is 10.7. The number of aryl methyl sites for hydroxylation is 1. The van der Waals surface area contributed by atoms with Gasteiger partial charge >= 0.3 is 0 Å². The second-order valence-electron chi connectivity index (χ2n) is 11.1. The Morgan fingerprint density at radius 2 is 1.86 bits per heavy atom. The smallest absolute Gasteiger partial charge is 0.178 e. The lowest BCUT2D eigenvalue weighted by atomic mass is 9.61. The molecule has 4 heteroatoms. The summed E-state index contributed by atoms with van der Waals surface area (Å²) in [4.78, 5) is 0.441. The molecule has 4 unspecified atom stereocenters. The molecular formula is C31H42O3S. The van der Waals surface area contributed by atoms with E-state index in [9.17, 15) is 13.5 Å². The molecule has 0 spiro atoms. The fourth-order valence-corrected chi connectivity index (χ4v) is 8.21. The summed E-state index contributed by atoms with van der Waals surface area (Å²) in [6.45, 7) is 10.5. The summed E-state index contributed by atoms with van der Waals surface area (Å²) < 4.78 is 25.4. The zero-order chi connectivity index (χ0) is 25.1. The van der Waals surface area contributed by atoms with Crippen LogP contribution >= 0.6 is 0 Å². The van der Waals surface area contributed by atoms with Crippen LogP contribution in [0.2, 0.25) is 0 Å². The zero-order valence-corrected chi connectivity index (χ0v) is 22.2. The fourth-order valence-electron chi connectivity index (χ4n) is 6.84. The Bertz CT molecular complexity index is 1090. The third kappa shape index (κ3) is 5.75. The summed E-state index contributed by atoms with van der Waals surface area (Å²) in [6, 6.07) is 7.20. The number of hydrogen-bond acceptors (Lipinski definition) is 3. The van der Waals surface area contributed by atoms with Crippen LogP contribution in [0.5, 0.6) is 0 Å². The quantitative estimate of drug-likeness (QED) is 0.305. The van der Waals surface area contributed by atoms with Gasteiger partial charge in [-0.3, -0.25) is 0 Å². The molecular weight excluding hydrogens is 452 g/mol. The van der Waals surface area contributed by atoms with E-state index >= 15 is 0 Å². The van der Waals surface area contributed by atoms with Gasteiger partial charge in [-0.2, -0.15) is 0 Å². The number of sulfone groups is 1. The largest absolute Gasteiger partial charge is 0.393 e. The number of hydrogen-bond donors (Lipinski definition) is 1. The van der Waals surface area contributed by atoms with Crippen molar-refractivity contribution < 1.29 is 13.5 Å². The molecule has 0 bridgehead atoms. The Hall–Kier alpha value is -1.91. The SMILES string of the molecule is C=CC12CCC/C(=C\C=C3\CC(O)CCC3=C)C1CCC2CCCCS(=O)(=O)c1ccc(C)cc1. The molecule has 1 aromatic carbocycles. The van der Waals surface area contributed by atoms with E-state index in [2.05, 4.69) is 31.4 Å². The van der Waals surface area contributed by atoms with Crippen LogP contribution in [0.1, 0.15) is 76.2 Å². The van der Waals surface area contributed by atoms with Crippen LogP contribution in [-0.4, -0.2) is 25.4 Å². The summed E-state index contributed by atoms with van der Waals surface area (Å²) in [7, 11) is -3.21. The average molecular weight is 495 g/mol. The molecule has 1 aromatic rings. The van der Waals surface area contributed by atoms with Gasteiger partial charge in [0.2, 0.25) is 0 Å². The van der Waals surface area contributed by atoms with Gasteiger partial charge in [0.1, 0.15) is 0 Å². The van der Waals surface area contributed by atoms with E-state index in [1.807, 2.05) is 19.1 Å². The van der Waals surface area contributed by atoms with Crippen LogP contribution < -0.4 is 0 Å².